The van der Waals surface area contributed by atoms with Gasteiger partial charge in [0.2, 0.25) is 0 Å². The maximum absolute atomic E-state index is 6.21. The van der Waals surface area contributed by atoms with Crippen LogP contribution >= 0.6 is 11.3 Å². The molecule has 260 valence electrons. The highest BCUT2D eigenvalue weighted by atomic mass is 32.1. The number of nitrogens with zero attached hydrogens (tertiary/aromatic N) is 3. The van der Waals surface area contributed by atoms with Crippen molar-refractivity contribution >= 4 is 85.8 Å². The van der Waals surface area contributed by atoms with Crippen LogP contribution in [0.4, 0.5) is 0 Å². The third-order valence-corrected chi connectivity index (χ3v) is 12.3. The Kier molecular flexibility index (Phi) is 6.76. The standard InChI is InChI=1S/C51H29N3OS/c1-2-9-36-30(8-1)22-26-39-38(36)25-23-32-18-21-34(28-42(32)39)50-52-49(53-51(54-50)35-24-27-47-43(29-35)40-10-4-6-15-46(40)56-47)33-19-16-31(17-20-33)37-12-7-14-45-48(37)41-11-3-5-13-44(41)55-45/h1-29H. The molecule has 0 aliphatic rings. The molecule has 0 saturated carbocycles. The van der Waals surface area contributed by atoms with E-state index in [0.29, 0.717) is 17.5 Å². The van der Waals surface area contributed by atoms with E-state index in [-0.39, 0.29) is 0 Å². The Morgan fingerprint density at radius 2 is 0.893 bits per heavy atom. The largest absolute Gasteiger partial charge is 0.456 e. The van der Waals surface area contributed by atoms with Crippen LogP contribution < -0.4 is 0 Å². The number of thiophene rings is 1. The number of hydrogen-bond acceptors (Lipinski definition) is 5. The van der Waals surface area contributed by atoms with Crippen molar-refractivity contribution in [1.82, 2.24) is 15.0 Å². The highest BCUT2D eigenvalue weighted by molar-refractivity contribution is 7.25. The predicted octanol–water partition coefficient (Wildman–Crippen LogP) is 14.3. The van der Waals surface area contributed by atoms with Crippen LogP contribution in [0.5, 0.6) is 0 Å². The minimum absolute atomic E-state index is 0.628. The van der Waals surface area contributed by atoms with Crippen LogP contribution in [0.15, 0.2) is 180 Å². The molecule has 0 radical (unpaired) electrons. The van der Waals surface area contributed by atoms with E-state index >= 15 is 0 Å². The van der Waals surface area contributed by atoms with Gasteiger partial charge in [-0.1, -0.05) is 133 Å². The molecule has 0 N–H and O–H groups in total. The highest BCUT2D eigenvalue weighted by Crippen LogP contribution is 2.39. The first-order valence-corrected chi connectivity index (χ1v) is 19.6. The van der Waals surface area contributed by atoms with Gasteiger partial charge >= 0.3 is 0 Å². The molecule has 9 aromatic carbocycles. The van der Waals surface area contributed by atoms with Crippen LogP contribution in [0.3, 0.4) is 0 Å². The third kappa shape index (κ3) is 4.88. The van der Waals surface area contributed by atoms with E-state index in [1.165, 1.54) is 52.5 Å². The Labute approximate surface area is 325 Å². The molecule has 12 aromatic rings. The fourth-order valence-electron chi connectivity index (χ4n) is 8.40. The van der Waals surface area contributed by atoms with Crippen molar-refractivity contribution < 1.29 is 4.42 Å². The van der Waals surface area contributed by atoms with Gasteiger partial charge in [-0.25, -0.2) is 15.0 Å². The summed E-state index contributed by atoms with van der Waals surface area (Å²) in [7, 11) is 0. The molecule has 0 saturated heterocycles. The van der Waals surface area contributed by atoms with Crippen LogP contribution in [0.2, 0.25) is 0 Å². The SMILES string of the molecule is c1ccc2c(c1)ccc1c3cc(-c4nc(-c5ccc(-c6cccc7oc8ccccc8c67)cc5)nc(-c5ccc6sc7ccccc7c6c5)n4)ccc3ccc21. The number of para-hydroxylation sites is 1. The molecular weight excluding hydrogens is 703 g/mol. The molecule has 0 bridgehead atoms. The summed E-state index contributed by atoms with van der Waals surface area (Å²) in [6.07, 6.45) is 0. The number of benzene rings is 9. The van der Waals surface area contributed by atoms with Crippen LogP contribution in [0.1, 0.15) is 0 Å². The molecule has 3 heterocycles. The summed E-state index contributed by atoms with van der Waals surface area (Å²) in [5.74, 6) is 1.91. The van der Waals surface area contributed by atoms with E-state index in [1.807, 2.05) is 29.5 Å². The predicted molar refractivity (Wildman–Crippen MR) is 234 cm³/mol. The summed E-state index contributed by atoms with van der Waals surface area (Å²) in [4.78, 5) is 15.6. The van der Waals surface area contributed by atoms with Crippen LogP contribution in [-0.2, 0) is 0 Å². The van der Waals surface area contributed by atoms with Gasteiger partial charge in [0, 0.05) is 47.6 Å². The van der Waals surface area contributed by atoms with E-state index in [9.17, 15) is 0 Å². The number of fused-ring (bicyclic) bond motifs is 11. The first-order valence-electron chi connectivity index (χ1n) is 18.8. The molecule has 0 atom stereocenters. The highest BCUT2D eigenvalue weighted by Gasteiger charge is 2.17. The summed E-state index contributed by atoms with van der Waals surface area (Å²) in [5, 5.41) is 12.0. The summed E-state index contributed by atoms with van der Waals surface area (Å²) in [6, 6.07) is 62.2. The van der Waals surface area contributed by atoms with Gasteiger partial charge in [0.1, 0.15) is 11.2 Å². The maximum Gasteiger partial charge on any atom is 0.164 e. The molecule has 56 heavy (non-hydrogen) atoms. The Bertz CT molecular complexity index is 3540. The fourth-order valence-corrected chi connectivity index (χ4v) is 9.49. The second-order valence-electron chi connectivity index (χ2n) is 14.4. The van der Waals surface area contributed by atoms with Gasteiger partial charge in [-0.2, -0.15) is 0 Å². The molecule has 0 aliphatic carbocycles. The minimum Gasteiger partial charge on any atom is -0.456 e. The summed E-state index contributed by atoms with van der Waals surface area (Å²) >= 11 is 1.81. The van der Waals surface area contributed by atoms with E-state index in [1.54, 1.807) is 0 Å². The second-order valence-corrected chi connectivity index (χ2v) is 15.4. The third-order valence-electron chi connectivity index (χ3n) is 11.1. The Morgan fingerprint density at radius 1 is 0.339 bits per heavy atom. The number of rotatable bonds is 4. The molecule has 0 aliphatic heterocycles. The Balaban J connectivity index is 1.03. The fraction of sp³-hybridized carbons (Fsp3) is 0. The normalized spacial score (nSPS) is 11.9. The van der Waals surface area contributed by atoms with Crippen molar-refractivity contribution in [2.24, 2.45) is 0 Å². The van der Waals surface area contributed by atoms with Crippen LogP contribution in [-0.4, -0.2) is 15.0 Å². The maximum atomic E-state index is 6.21. The van der Waals surface area contributed by atoms with E-state index in [4.69, 9.17) is 19.4 Å². The van der Waals surface area contributed by atoms with Gasteiger partial charge in [-0.05, 0) is 85.9 Å². The van der Waals surface area contributed by atoms with Crippen molar-refractivity contribution in [3.63, 3.8) is 0 Å². The first-order chi connectivity index (χ1) is 27.7. The zero-order valence-electron chi connectivity index (χ0n) is 29.9. The zero-order valence-corrected chi connectivity index (χ0v) is 30.7. The number of furan rings is 1. The number of aromatic nitrogens is 3. The second kappa shape index (κ2) is 12.2. The van der Waals surface area contributed by atoms with Gasteiger partial charge < -0.3 is 4.42 Å². The van der Waals surface area contributed by atoms with Crippen molar-refractivity contribution in [1.29, 1.82) is 0 Å². The Hall–Kier alpha value is -7.21. The molecule has 5 heteroatoms. The van der Waals surface area contributed by atoms with Gasteiger partial charge in [-0.3, -0.25) is 0 Å². The van der Waals surface area contributed by atoms with Crippen molar-refractivity contribution in [2.75, 3.05) is 0 Å². The lowest BCUT2D eigenvalue weighted by molar-refractivity contribution is 0.669. The smallest absolute Gasteiger partial charge is 0.164 e. The molecule has 3 aromatic heterocycles. The molecule has 0 fully saturated rings. The monoisotopic (exact) mass is 731 g/mol. The molecule has 0 spiro atoms. The summed E-state index contributed by atoms with van der Waals surface area (Å²) in [5.41, 5.74) is 6.82. The first kappa shape index (κ1) is 31.2. The van der Waals surface area contributed by atoms with E-state index < -0.39 is 0 Å². The lowest BCUT2D eigenvalue weighted by Crippen LogP contribution is -2.00. The van der Waals surface area contributed by atoms with Crippen LogP contribution in [0, 0.1) is 0 Å². The van der Waals surface area contributed by atoms with Crippen molar-refractivity contribution in [2.45, 2.75) is 0 Å². The van der Waals surface area contributed by atoms with Gasteiger partial charge in [0.05, 0.1) is 0 Å². The quantitative estimate of drug-likeness (QED) is 0.169. The lowest BCUT2D eigenvalue weighted by atomic mass is 9.96. The van der Waals surface area contributed by atoms with Crippen molar-refractivity contribution in [3.05, 3.63) is 176 Å². The van der Waals surface area contributed by atoms with E-state index in [2.05, 4.69) is 158 Å². The van der Waals surface area contributed by atoms with Crippen molar-refractivity contribution in [3.8, 4) is 45.3 Å². The molecule has 0 amide bonds. The van der Waals surface area contributed by atoms with Gasteiger partial charge in [-0.15, -0.1) is 11.3 Å². The molecular formula is C51H29N3OS. The molecule has 0 unspecified atom stereocenters. The number of hydrogen-bond donors (Lipinski definition) is 0. The zero-order chi connectivity index (χ0) is 36.7. The van der Waals surface area contributed by atoms with Gasteiger partial charge in [0.15, 0.2) is 17.5 Å². The average Bonchev–Trinajstić information content (AvgIpc) is 3.84. The topological polar surface area (TPSA) is 51.8 Å². The summed E-state index contributed by atoms with van der Waals surface area (Å²) in [6.45, 7) is 0. The minimum atomic E-state index is 0.628. The van der Waals surface area contributed by atoms with Crippen LogP contribution in [0.25, 0.3) is 120 Å². The van der Waals surface area contributed by atoms with Gasteiger partial charge in [0.25, 0.3) is 0 Å². The summed E-state index contributed by atoms with van der Waals surface area (Å²) < 4.78 is 8.72. The average molecular weight is 732 g/mol. The Morgan fingerprint density at radius 3 is 1.71 bits per heavy atom. The molecule has 4 nitrogen and oxygen atoms in total. The molecule has 12 rings (SSSR count). The van der Waals surface area contributed by atoms with E-state index in [0.717, 1.165) is 49.8 Å². The lowest BCUT2D eigenvalue weighted by Gasteiger charge is -2.11.